The summed E-state index contributed by atoms with van der Waals surface area (Å²) < 4.78 is 10.5. The first-order valence-corrected chi connectivity index (χ1v) is 7.01. The predicted molar refractivity (Wildman–Crippen MR) is 85.4 cm³/mol. The van der Waals surface area contributed by atoms with Crippen LogP contribution in [0.4, 0.5) is 5.82 Å². The van der Waals surface area contributed by atoms with E-state index < -0.39 is 0 Å². The SMILES string of the molecule is COc1ccccc1-c1cc(C(=O)Nc2ccc(C)cn2)no1. The number of nitrogens with zero attached hydrogens (tertiary/aromatic N) is 2. The van der Waals surface area contributed by atoms with E-state index in [2.05, 4.69) is 15.5 Å². The van der Waals surface area contributed by atoms with Crippen molar-refractivity contribution in [1.29, 1.82) is 0 Å². The third-order valence-electron chi connectivity index (χ3n) is 3.27. The normalized spacial score (nSPS) is 10.3. The molecule has 1 N–H and O–H groups in total. The van der Waals surface area contributed by atoms with Crippen LogP contribution in [0.5, 0.6) is 5.75 Å². The molecule has 3 aromatic rings. The number of aromatic nitrogens is 2. The molecule has 0 fully saturated rings. The molecular formula is C17H15N3O3. The van der Waals surface area contributed by atoms with Gasteiger partial charge in [0.15, 0.2) is 11.5 Å². The number of anilines is 1. The Labute approximate surface area is 133 Å². The number of carbonyl (C=O) groups is 1. The molecule has 0 spiro atoms. The highest BCUT2D eigenvalue weighted by Gasteiger charge is 2.16. The Bertz CT molecular complexity index is 825. The lowest BCUT2D eigenvalue weighted by atomic mass is 10.1. The van der Waals surface area contributed by atoms with Gasteiger partial charge in [-0.1, -0.05) is 23.4 Å². The highest BCUT2D eigenvalue weighted by atomic mass is 16.5. The molecule has 0 aliphatic carbocycles. The number of nitrogens with one attached hydrogen (secondary N) is 1. The average molecular weight is 309 g/mol. The molecule has 0 aliphatic heterocycles. The van der Waals surface area contributed by atoms with Crippen LogP contribution in [0.1, 0.15) is 16.1 Å². The number of carbonyl (C=O) groups excluding carboxylic acids is 1. The Hall–Kier alpha value is -3.15. The van der Waals surface area contributed by atoms with Crippen molar-refractivity contribution in [3.63, 3.8) is 0 Å². The molecule has 23 heavy (non-hydrogen) atoms. The summed E-state index contributed by atoms with van der Waals surface area (Å²) in [6, 6.07) is 12.5. The van der Waals surface area contributed by atoms with Gasteiger partial charge in [-0.15, -0.1) is 0 Å². The summed E-state index contributed by atoms with van der Waals surface area (Å²) in [4.78, 5) is 16.3. The van der Waals surface area contributed by atoms with Gasteiger partial charge in [0.05, 0.1) is 12.7 Å². The molecule has 0 radical (unpaired) electrons. The predicted octanol–water partition coefficient (Wildman–Crippen LogP) is 3.31. The minimum Gasteiger partial charge on any atom is -0.496 e. The summed E-state index contributed by atoms with van der Waals surface area (Å²) >= 11 is 0. The largest absolute Gasteiger partial charge is 0.496 e. The number of amides is 1. The molecule has 1 aromatic carbocycles. The number of methoxy groups -OCH3 is 1. The topological polar surface area (TPSA) is 77.2 Å². The van der Waals surface area contributed by atoms with E-state index in [0.29, 0.717) is 17.3 Å². The Kier molecular flexibility index (Phi) is 4.05. The molecule has 0 aliphatic rings. The zero-order valence-corrected chi connectivity index (χ0v) is 12.7. The van der Waals surface area contributed by atoms with E-state index in [1.54, 1.807) is 25.4 Å². The molecule has 0 unspecified atom stereocenters. The standard InChI is InChI=1S/C17H15N3O3/c1-11-7-8-16(18-10-11)19-17(21)13-9-15(23-20-13)12-5-3-4-6-14(12)22-2/h3-10H,1-2H3,(H,18,19,21). The van der Waals surface area contributed by atoms with E-state index in [-0.39, 0.29) is 11.6 Å². The minimum atomic E-state index is -0.383. The fourth-order valence-corrected chi connectivity index (χ4v) is 2.08. The van der Waals surface area contributed by atoms with E-state index in [1.165, 1.54) is 0 Å². The van der Waals surface area contributed by atoms with Crippen LogP contribution in [0.15, 0.2) is 53.2 Å². The van der Waals surface area contributed by atoms with E-state index in [1.807, 2.05) is 37.3 Å². The molecule has 0 saturated heterocycles. The summed E-state index contributed by atoms with van der Waals surface area (Å²) in [5.74, 6) is 1.19. The number of ether oxygens (including phenoxy) is 1. The molecule has 3 rings (SSSR count). The number of hydrogen-bond donors (Lipinski definition) is 1. The van der Waals surface area contributed by atoms with Crippen molar-refractivity contribution in [2.75, 3.05) is 12.4 Å². The van der Waals surface area contributed by atoms with Crippen molar-refractivity contribution in [3.8, 4) is 17.1 Å². The summed E-state index contributed by atoms with van der Waals surface area (Å²) in [5, 5.41) is 6.49. The number of para-hydroxylation sites is 1. The molecule has 0 atom stereocenters. The average Bonchev–Trinajstić information content (AvgIpc) is 3.07. The third kappa shape index (κ3) is 3.21. The van der Waals surface area contributed by atoms with Gasteiger partial charge < -0.3 is 14.6 Å². The summed E-state index contributed by atoms with van der Waals surface area (Å²) in [6.45, 7) is 1.93. The van der Waals surface area contributed by atoms with Gasteiger partial charge in [-0.2, -0.15) is 0 Å². The number of rotatable bonds is 4. The van der Waals surface area contributed by atoms with Gasteiger partial charge in [0, 0.05) is 12.3 Å². The van der Waals surface area contributed by atoms with Gasteiger partial charge in [-0.3, -0.25) is 4.79 Å². The Morgan fingerprint density at radius 1 is 1.22 bits per heavy atom. The quantitative estimate of drug-likeness (QED) is 0.800. The van der Waals surface area contributed by atoms with Gasteiger partial charge in [0.2, 0.25) is 0 Å². The maximum absolute atomic E-state index is 12.2. The van der Waals surface area contributed by atoms with Crippen molar-refractivity contribution in [2.45, 2.75) is 6.92 Å². The minimum absolute atomic E-state index is 0.174. The van der Waals surface area contributed by atoms with Crippen LogP contribution >= 0.6 is 0 Å². The van der Waals surface area contributed by atoms with E-state index in [4.69, 9.17) is 9.26 Å². The van der Waals surface area contributed by atoms with Crippen LogP contribution in [0.2, 0.25) is 0 Å². The van der Waals surface area contributed by atoms with Crippen LogP contribution in [-0.4, -0.2) is 23.2 Å². The first kappa shape index (κ1) is 14.8. The number of benzene rings is 1. The molecule has 0 bridgehead atoms. The second-order valence-electron chi connectivity index (χ2n) is 4.95. The molecule has 6 heteroatoms. The Morgan fingerprint density at radius 2 is 2.04 bits per heavy atom. The second kappa shape index (κ2) is 6.31. The first-order chi connectivity index (χ1) is 11.2. The van der Waals surface area contributed by atoms with Crippen LogP contribution in [0, 0.1) is 6.92 Å². The van der Waals surface area contributed by atoms with Gasteiger partial charge in [0.1, 0.15) is 11.6 Å². The second-order valence-corrected chi connectivity index (χ2v) is 4.95. The molecule has 0 saturated carbocycles. The van der Waals surface area contributed by atoms with Crippen molar-refractivity contribution in [1.82, 2.24) is 10.1 Å². The van der Waals surface area contributed by atoms with Crippen molar-refractivity contribution < 1.29 is 14.1 Å². The van der Waals surface area contributed by atoms with Gasteiger partial charge >= 0.3 is 0 Å². The lowest BCUT2D eigenvalue weighted by Crippen LogP contribution is -2.13. The fourth-order valence-electron chi connectivity index (χ4n) is 2.08. The number of aryl methyl sites for hydroxylation is 1. The summed E-state index contributed by atoms with van der Waals surface area (Å²) in [5.41, 5.74) is 1.92. The van der Waals surface area contributed by atoms with Crippen molar-refractivity contribution in [2.24, 2.45) is 0 Å². The molecule has 1 amide bonds. The lowest BCUT2D eigenvalue weighted by Gasteiger charge is -2.03. The smallest absolute Gasteiger partial charge is 0.279 e. The van der Waals surface area contributed by atoms with E-state index >= 15 is 0 Å². The summed E-state index contributed by atoms with van der Waals surface area (Å²) in [6.07, 6.45) is 1.68. The van der Waals surface area contributed by atoms with Gasteiger partial charge in [-0.25, -0.2) is 4.98 Å². The van der Waals surface area contributed by atoms with Gasteiger partial charge in [0.25, 0.3) is 5.91 Å². The summed E-state index contributed by atoms with van der Waals surface area (Å²) in [7, 11) is 1.58. The van der Waals surface area contributed by atoms with Crippen LogP contribution in [-0.2, 0) is 0 Å². The van der Waals surface area contributed by atoms with Crippen LogP contribution in [0.3, 0.4) is 0 Å². The lowest BCUT2D eigenvalue weighted by molar-refractivity contribution is 0.101. The molecule has 2 heterocycles. The monoisotopic (exact) mass is 309 g/mol. The number of pyridine rings is 1. The van der Waals surface area contributed by atoms with Crippen molar-refractivity contribution >= 4 is 11.7 Å². The highest BCUT2D eigenvalue weighted by Crippen LogP contribution is 2.30. The van der Waals surface area contributed by atoms with Crippen molar-refractivity contribution in [3.05, 3.63) is 59.9 Å². The Balaban J connectivity index is 1.81. The molecule has 6 nitrogen and oxygen atoms in total. The van der Waals surface area contributed by atoms with Crippen LogP contribution < -0.4 is 10.1 Å². The van der Waals surface area contributed by atoms with E-state index in [0.717, 1.165) is 11.1 Å². The van der Waals surface area contributed by atoms with Gasteiger partial charge in [-0.05, 0) is 30.7 Å². The maximum Gasteiger partial charge on any atom is 0.279 e. The van der Waals surface area contributed by atoms with Crippen LogP contribution in [0.25, 0.3) is 11.3 Å². The van der Waals surface area contributed by atoms with E-state index in [9.17, 15) is 4.79 Å². The maximum atomic E-state index is 12.2. The molecule has 116 valence electrons. The highest BCUT2D eigenvalue weighted by molar-refractivity contribution is 6.02. The zero-order chi connectivity index (χ0) is 16.2. The number of hydrogen-bond acceptors (Lipinski definition) is 5. The zero-order valence-electron chi connectivity index (χ0n) is 12.7. The molecule has 2 aromatic heterocycles. The molecular weight excluding hydrogens is 294 g/mol. The Morgan fingerprint density at radius 3 is 2.78 bits per heavy atom. The first-order valence-electron chi connectivity index (χ1n) is 7.01. The third-order valence-corrected chi connectivity index (χ3v) is 3.27. The fraction of sp³-hybridized carbons (Fsp3) is 0.118.